The molecule has 0 fully saturated rings. The molecule has 2 N–H and O–H groups in total. The fraction of sp³-hybridized carbons (Fsp3) is 0.133. The van der Waals surface area contributed by atoms with Crippen LogP contribution in [0.2, 0.25) is 0 Å². The second-order valence-electron chi connectivity index (χ2n) is 5.11. The predicted octanol–water partition coefficient (Wildman–Crippen LogP) is 2.48. The van der Waals surface area contributed by atoms with Gasteiger partial charge in [0.1, 0.15) is 11.3 Å². The number of anilines is 1. The molecule has 0 unspecified atom stereocenters. The van der Waals surface area contributed by atoms with Crippen LogP contribution in [0, 0.1) is 6.92 Å². The number of aromatic amines is 1. The van der Waals surface area contributed by atoms with Crippen molar-refractivity contribution in [1.29, 1.82) is 0 Å². The Bertz CT molecular complexity index is 990. The van der Waals surface area contributed by atoms with Crippen molar-refractivity contribution >= 4 is 17.2 Å². The van der Waals surface area contributed by atoms with E-state index in [9.17, 15) is 22.8 Å². The van der Waals surface area contributed by atoms with Gasteiger partial charge in [-0.05, 0) is 31.2 Å². The van der Waals surface area contributed by atoms with Crippen LogP contribution in [0.15, 0.2) is 41.3 Å². The summed E-state index contributed by atoms with van der Waals surface area (Å²) in [5.74, 6) is -0.970. The lowest BCUT2D eigenvalue weighted by Gasteiger charge is -2.09. The monoisotopic (exact) mass is 352 g/mol. The normalized spacial score (nSPS) is 11.5. The van der Waals surface area contributed by atoms with Gasteiger partial charge in [-0.2, -0.15) is 0 Å². The van der Waals surface area contributed by atoms with Crippen LogP contribution in [0.5, 0.6) is 5.75 Å². The summed E-state index contributed by atoms with van der Waals surface area (Å²) < 4.78 is 41.2. The van der Waals surface area contributed by atoms with Crippen molar-refractivity contribution in [2.45, 2.75) is 13.3 Å². The van der Waals surface area contributed by atoms with Crippen molar-refractivity contribution in [3.63, 3.8) is 0 Å². The van der Waals surface area contributed by atoms with Gasteiger partial charge in [0.2, 0.25) is 0 Å². The number of hydrogen-bond acceptors (Lipinski definition) is 4. The van der Waals surface area contributed by atoms with Crippen molar-refractivity contribution in [2.24, 2.45) is 0 Å². The first-order chi connectivity index (χ1) is 11.7. The molecule has 2 aromatic heterocycles. The average molecular weight is 352 g/mol. The van der Waals surface area contributed by atoms with Crippen molar-refractivity contribution in [3.8, 4) is 5.75 Å². The molecule has 0 aliphatic heterocycles. The van der Waals surface area contributed by atoms with Crippen LogP contribution in [0.3, 0.4) is 0 Å². The average Bonchev–Trinajstić information content (AvgIpc) is 2.92. The van der Waals surface area contributed by atoms with Gasteiger partial charge in [-0.3, -0.25) is 14.7 Å². The third-order valence-electron chi connectivity index (χ3n) is 3.22. The Morgan fingerprint density at radius 2 is 1.96 bits per heavy atom. The third-order valence-corrected chi connectivity index (χ3v) is 3.22. The van der Waals surface area contributed by atoms with Crippen LogP contribution in [0.1, 0.15) is 16.1 Å². The number of nitrogens with one attached hydrogen (secondary N) is 2. The van der Waals surface area contributed by atoms with E-state index in [0.717, 1.165) is 16.6 Å². The third kappa shape index (κ3) is 3.62. The van der Waals surface area contributed by atoms with E-state index in [4.69, 9.17) is 0 Å². The van der Waals surface area contributed by atoms with E-state index in [1.165, 1.54) is 24.4 Å². The highest BCUT2D eigenvalue weighted by Crippen LogP contribution is 2.24. The number of H-pyrrole nitrogens is 1. The zero-order valence-electron chi connectivity index (χ0n) is 12.7. The Hall–Kier alpha value is -3.30. The van der Waals surface area contributed by atoms with E-state index in [1.807, 2.05) is 0 Å². The Balaban J connectivity index is 1.82. The van der Waals surface area contributed by atoms with Crippen LogP contribution >= 0.6 is 0 Å². The van der Waals surface area contributed by atoms with Crippen LogP contribution in [-0.4, -0.2) is 26.9 Å². The van der Waals surface area contributed by atoms with Gasteiger partial charge in [-0.1, -0.05) is 0 Å². The smallest absolute Gasteiger partial charge is 0.406 e. The summed E-state index contributed by atoms with van der Waals surface area (Å²) in [6, 6.07) is 5.98. The lowest BCUT2D eigenvalue weighted by molar-refractivity contribution is -0.274. The number of hydrogen-bond donors (Lipinski definition) is 2. The van der Waals surface area contributed by atoms with Crippen molar-refractivity contribution in [2.75, 3.05) is 5.32 Å². The number of carbonyl (C=O) groups is 1. The lowest BCUT2D eigenvalue weighted by Crippen LogP contribution is -2.17. The van der Waals surface area contributed by atoms with Crippen LogP contribution in [0.25, 0.3) is 5.65 Å². The number of amides is 1. The highest BCUT2D eigenvalue weighted by atomic mass is 19.4. The second kappa shape index (κ2) is 5.96. The molecule has 130 valence electrons. The molecule has 1 aromatic carbocycles. The Kier molecular flexibility index (Phi) is 3.95. The van der Waals surface area contributed by atoms with Crippen LogP contribution < -0.4 is 15.6 Å². The second-order valence-corrected chi connectivity index (χ2v) is 5.11. The fourth-order valence-corrected chi connectivity index (χ4v) is 2.20. The molecule has 0 bridgehead atoms. The molecule has 0 atom stereocenters. The first-order valence-corrected chi connectivity index (χ1v) is 6.98. The number of carbonyl (C=O) groups excluding carboxylic acids is 1. The molecule has 7 nitrogen and oxygen atoms in total. The van der Waals surface area contributed by atoms with Gasteiger partial charge in [0.15, 0.2) is 5.65 Å². The van der Waals surface area contributed by atoms with Gasteiger partial charge < -0.3 is 10.1 Å². The van der Waals surface area contributed by atoms with Crippen LogP contribution in [0.4, 0.5) is 18.9 Å². The molecule has 3 aromatic rings. The Labute approximate surface area is 138 Å². The topological polar surface area (TPSA) is 88.5 Å². The van der Waals surface area contributed by atoms with Gasteiger partial charge in [-0.15, -0.1) is 13.2 Å². The zero-order valence-corrected chi connectivity index (χ0v) is 12.7. The summed E-state index contributed by atoms with van der Waals surface area (Å²) in [4.78, 5) is 28.3. The first-order valence-electron chi connectivity index (χ1n) is 6.98. The first kappa shape index (κ1) is 16.6. The van der Waals surface area contributed by atoms with Gasteiger partial charge in [0.25, 0.3) is 11.5 Å². The number of rotatable bonds is 3. The molecular formula is C15H11F3N4O3. The molecule has 3 rings (SSSR count). The summed E-state index contributed by atoms with van der Waals surface area (Å²) in [7, 11) is 0. The summed E-state index contributed by atoms with van der Waals surface area (Å²) in [6.07, 6.45) is -3.47. The molecular weight excluding hydrogens is 341 g/mol. The zero-order chi connectivity index (χ0) is 18.2. The maximum atomic E-state index is 12.3. The van der Waals surface area contributed by atoms with E-state index >= 15 is 0 Å². The number of ether oxygens (including phenoxy) is 1. The number of alkyl halides is 3. The summed E-state index contributed by atoms with van der Waals surface area (Å²) in [5.41, 5.74) is 0.618. The largest absolute Gasteiger partial charge is 0.573 e. The quantitative estimate of drug-likeness (QED) is 0.758. The minimum atomic E-state index is -4.79. The minimum Gasteiger partial charge on any atom is -0.406 e. The standard InChI is InChI=1S/C15H11F3N4O3/c1-8-6-12(23)22-13(20-8)11(7-19-22)14(24)21-9-2-4-10(5-3-9)25-15(16,17)18/h2-7,19H,1H3,(H,21,24). The minimum absolute atomic E-state index is 0.122. The molecule has 10 heteroatoms. The molecule has 25 heavy (non-hydrogen) atoms. The van der Waals surface area contributed by atoms with Crippen molar-refractivity contribution < 1.29 is 22.7 Å². The Morgan fingerprint density at radius 1 is 1.28 bits per heavy atom. The van der Waals surface area contributed by atoms with E-state index in [1.54, 1.807) is 6.92 Å². The molecule has 0 spiro atoms. The molecule has 2 heterocycles. The number of fused-ring (bicyclic) bond motifs is 1. The van der Waals surface area contributed by atoms with E-state index in [0.29, 0.717) is 5.69 Å². The van der Waals surface area contributed by atoms with E-state index < -0.39 is 18.0 Å². The number of benzene rings is 1. The number of aryl methyl sites for hydroxylation is 1. The molecule has 0 saturated carbocycles. The molecule has 0 radical (unpaired) electrons. The number of nitrogens with zero attached hydrogens (tertiary/aromatic N) is 2. The SMILES string of the molecule is Cc1cc(=O)n2[nH]cc(C(=O)Nc3ccc(OC(F)(F)F)cc3)c2n1. The highest BCUT2D eigenvalue weighted by molar-refractivity contribution is 6.08. The van der Waals surface area contributed by atoms with Crippen molar-refractivity contribution in [1.82, 2.24) is 14.6 Å². The molecule has 1 amide bonds. The summed E-state index contributed by atoms with van der Waals surface area (Å²) in [5, 5.41) is 5.14. The van der Waals surface area contributed by atoms with E-state index in [-0.39, 0.29) is 22.5 Å². The summed E-state index contributed by atoms with van der Waals surface area (Å²) >= 11 is 0. The highest BCUT2D eigenvalue weighted by Gasteiger charge is 2.31. The maximum Gasteiger partial charge on any atom is 0.573 e. The van der Waals surface area contributed by atoms with Gasteiger partial charge in [-0.25, -0.2) is 9.50 Å². The Morgan fingerprint density at radius 3 is 2.60 bits per heavy atom. The molecule has 0 saturated heterocycles. The lowest BCUT2D eigenvalue weighted by atomic mass is 10.2. The van der Waals surface area contributed by atoms with Crippen molar-refractivity contribution in [3.05, 3.63) is 58.1 Å². The molecule has 0 aliphatic carbocycles. The fourth-order valence-electron chi connectivity index (χ4n) is 2.20. The van der Waals surface area contributed by atoms with Gasteiger partial charge in [0, 0.05) is 23.6 Å². The van der Waals surface area contributed by atoms with Gasteiger partial charge >= 0.3 is 6.36 Å². The maximum absolute atomic E-state index is 12.3. The van der Waals surface area contributed by atoms with E-state index in [2.05, 4.69) is 20.1 Å². The summed E-state index contributed by atoms with van der Waals surface area (Å²) in [6.45, 7) is 1.62. The molecule has 0 aliphatic rings. The number of halogens is 3. The van der Waals surface area contributed by atoms with Gasteiger partial charge in [0.05, 0.1) is 0 Å². The number of aromatic nitrogens is 3. The predicted molar refractivity (Wildman–Crippen MR) is 81.6 cm³/mol. The van der Waals surface area contributed by atoms with Crippen LogP contribution in [-0.2, 0) is 0 Å².